The van der Waals surface area contributed by atoms with Crippen LogP contribution in [0.15, 0.2) is 12.1 Å². The molecule has 4 nitrogen and oxygen atoms in total. The quantitative estimate of drug-likeness (QED) is 0.696. The Bertz CT molecular complexity index is 413. The Morgan fingerprint density at radius 1 is 1.18 bits per heavy atom. The molecular formula is C10H9F3O4. The SMILES string of the molecule is O=C(O)CC(O)C(O)c1cc(F)c(F)c(F)c1. The number of aliphatic carboxylic acids is 1. The fraction of sp³-hybridized carbons (Fsp3) is 0.300. The van der Waals surface area contributed by atoms with E-state index in [1.807, 2.05) is 0 Å². The first kappa shape index (κ1) is 13.5. The van der Waals surface area contributed by atoms with Gasteiger partial charge in [-0.15, -0.1) is 0 Å². The van der Waals surface area contributed by atoms with Gasteiger partial charge in [0.15, 0.2) is 17.5 Å². The second kappa shape index (κ2) is 5.15. The average Bonchev–Trinajstić information content (AvgIpc) is 2.23. The van der Waals surface area contributed by atoms with E-state index < -0.39 is 47.6 Å². The first-order chi connectivity index (χ1) is 7.82. The van der Waals surface area contributed by atoms with Crippen molar-refractivity contribution in [2.75, 3.05) is 0 Å². The van der Waals surface area contributed by atoms with Crippen molar-refractivity contribution in [1.82, 2.24) is 0 Å². The standard InChI is InChI=1S/C10H9F3O4/c11-5-1-4(2-6(12)9(5)13)10(17)7(14)3-8(15)16/h1-2,7,10,14,17H,3H2,(H,15,16). The van der Waals surface area contributed by atoms with Crippen LogP contribution in [0.1, 0.15) is 18.1 Å². The van der Waals surface area contributed by atoms with E-state index in [0.717, 1.165) is 0 Å². The topological polar surface area (TPSA) is 77.8 Å². The molecule has 94 valence electrons. The molecule has 0 bridgehead atoms. The van der Waals surface area contributed by atoms with Gasteiger partial charge in [0, 0.05) is 0 Å². The molecule has 0 fully saturated rings. The molecule has 0 aliphatic rings. The zero-order chi connectivity index (χ0) is 13.2. The smallest absolute Gasteiger partial charge is 0.306 e. The van der Waals surface area contributed by atoms with Crippen molar-refractivity contribution in [3.8, 4) is 0 Å². The summed E-state index contributed by atoms with van der Waals surface area (Å²) in [5.74, 6) is -6.14. The third kappa shape index (κ3) is 3.18. The number of benzene rings is 1. The lowest BCUT2D eigenvalue weighted by Crippen LogP contribution is -2.22. The van der Waals surface area contributed by atoms with Gasteiger partial charge in [0.1, 0.15) is 6.10 Å². The van der Waals surface area contributed by atoms with E-state index in [9.17, 15) is 28.2 Å². The van der Waals surface area contributed by atoms with Gasteiger partial charge in [-0.25, -0.2) is 13.2 Å². The maximum Gasteiger partial charge on any atom is 0.306 e. The molecule has 1 aromatic carbocycles. The predicted molar refractivity (Wildman–Crippen MR) is 49.5 cm³/mol. The molecule has 0 aliphatic carbocycles. The van der Waals surface area contributed by atoms with Crippen LogP contribution in [0.4, 0.5) is 13.2 Å². The molecule has 0 heterocycles. The zero-order valence-corrected chi connectivity index (χ0v) is 8.40. The highest BCUT2D eigenvalue weighted by Gasteiger charge is 2.23. The third-order valence-electron chi connectivity index (χ3n) is 2.10. The molecule has 2 atom stereocenters. The largest absolute Gasteiger partial charge is 0.481 e. The Balaban J connectivity index is 2.96. The van der Waals surface area contributed by atoms with E-state index >= 15 is 0 Å². The summed E-state index contributed by atoms with van der Waals surface area (Å²) >= 11 is 0. The molecule has 0 aromatic heterocycles. The van der Waals surface area contributed by atoms with Crippen LogP contribution in [0.25, 0.3) is 0 Å². The molecule has 3 N–H and O–H groups in total. The summed E-state index contributed by atoms with van der Waals surface area (Å²) in [7, 11) is 0. The van der Waals surface area contributed by atoms with Crippen LogP contribution in [0, 0.1) is 17.5 Å². The normalized spacial score (nSPS) is 14.4. The molecule has 7 heteroatoms. The van der Waals surface area contributed by atoms with Gasteiger partial charge in [0.05, 0.1) is 12.5 Å². The minimum Gasteiger partial charge on any atom is -0.481 e. The lowest BCUT2D eigenvalue weighted by Gasteiger charge is -2.16. The molecular weight excluding hydrogens is 241 g/mol. The number of hydrogen-bond donors (Lipinski definition) is 3. The molecule has 0 radical (unpaired) electrons. The second-order valence-electron chi connectivity index (χ2n) is 3.41. The van der Waals surface area contributed by atoms with Gasteiger partial charge in [0.25, 0.3) is 0 Å². The first-order valence-corrected chi connectivity index (χ1v) is 4.55. The fourth-order valence-corrected chi connectivity index (χ4v) is 1.26. The molecule has 0 saturated heterocycles. The van der Waals surface area contributed by atoms with E-state index in [4.69, 9.17) is 5.11 Å². The Morgan fingerprint density at radius 3 is 2.06 bits per heavy atom. The number of hydrogen-bond acceptors (Lipinski definition) is 3. The van der Waals surface area contributed by atoms with Gasteiger partial charge < -0.3 is 15.3 Å². The summed E-state index contributed by atoms with van der Waals surface area (Å²) in [5.41, 5.74) is -0.435. The molecule has 0 aliphatic heterocycles. The van der Waals surface area contributed by atoms with Crippen LogP contribution in [0.5, 0.6) is 0 Å². The van der Waals surface area contributed by atoms with Crippen molar-refractivity contribution >= 4 is 5.97 Å². The number of aliphatic hydroxyl groups excluding tert-OH is 2. The van der Waals surface area contributed by atoms with Crippen molar-refractivity contribution in [3.05, 3.63) is 35.1 Å². The van der Waals surface area contributed by atoms with Crippen LogP contribution in [0.2, 0.25) is 0 Å². The number of aliphatic hydroxyl groups is 2. The Labute approximate surface area is 93.9 Å². The summed E-state index contributed by atoms with van der Waals surface area (Å²) in [6.07, 6.45) is -4.35. The molecule has 1 rings (SSSR count). The van der Waals surface area contributed by atoms with Crippen molar-refractivity contribution in [2.45, 2.75) is 18.6 Å². The number of carbonyl (C=O) groups is 1. The number of carboxylic acids is 1. The summed E-state index contributed by atoms with van der Waals surface area (Å²) < 4.78 is 38.2. The molecule has 17 heavy (non-hydrogen) atoms. The number of rotatable bonds is 4. The van der Waals surface area contributed by atoms with Crippen LogP contribution in [0.3, 0.4) is 0 Å². The van der Waals surface area contributed by atoms with Crippen LogP contribution >= 0.6 is 0 Å². The Hall–Kier alpha value is -1.60. The van der Waals surface area contributed by atoms with Crippen LogP contribution in [-0.2, 0) is 4.79 Å². The zero-order valence-electron chi connectivity index (χ0n) is 8.40. The minimum absolute atomic E-state index is 0.435. The third-order valence-corrected chi connectivity index (χ3v) is 2.10. The number of halogens is 3. The molecule has 0 amide bonds. The van der Waals surface area contributed by atoms with Crippen LogP contribution < -0.4 is 0 Å². The first-order valence-electron chi connectivity index (χ1n) is 4.55. The van der Waals surface area contributed by atoms with Gasteiger partial charge in [0.2, 0.25) is 0 Å². The lowest BCUT2D eigenvalue weighted by molar-refractivity contribution is -0.141. The molecule has 0 saturated carbocycles. The van der Waals surface area contributed by atoms with Crippen molar-refractivity contribution in [3.63, 3.8) is 0 Å². The van der Waals surface area contributed by atoms with E-state index in [1.165, 1.54) is 0 Å². The highest BCUT2D eigenvalue weighted by atomic mass is 19.2. The maximum absolute atomic E-state index is 12.8. The van der Waals surface area contributed by atoms with Crippen molar-refractivity contribution in [2.24, 2.45) is 0 Å². The van der Waals surface area contributed by atoms with Gasteiger partial charge in [-0.05, 0) is 17.7 Å². The number of carboxylic acid groups (broad SMARTS) is 1. The van der Waals surface area contributed by atoms with E-state index in [0.29, 0.717) is 12.1 Å². The fourth-order valence-electron chi connectivity index (χ4n) is 1.26. The predicted octanol–water partition coefficient (Wildman–Crippen LogP) is 0.973. The van der Waals surface area contributed by atoms with Crippen LogP contribution in [-0.4, -0.2) is 27.4 Å². The van der Waals surface area contributed by atoms with Gasteiger partial charge >= 0.3 is 5.97 Å². The van der Waals surface area contributed by atoms with E-state index in [1.54, 1.807) is 0 Å². The van der Waals surface area contributed by atoms with E-state index in [2.05, 4.69) is 0 Å². The monoisotopic (exact) mass is 250 g/mol. The summed E-state index contributed by atoms with van der Waals surface area (Å²) in [6, 6.07) is 0.988. The summed E-state index contributed by atoms with van der Waals surface area (Å²) in [5, 5.41) is 27.0. The lowest BCUT2D eigenvalue weighted by atomic mass is 10.0. The second-order valence-corrected chi connectivity index (χ2v) is 3.41. The Kier molecular flexibility index (Phi) is 4.08. The van der Waals surface area contributed by atoms with Crippen molar-refractivity contribution < 1.29 is 33.3 Å². The summed E-state index contributed by atoms with van der Waals surface area (Å²) in [4.78, 5) is 10.3. The molecule has 2 unspecified atom stereocenters. The highest BCUT2D eigenvalue weighted by Crippen LogP contribution is 2.23. The average molecular weight is 250 g/mol. The molecule has 1 aromatic rings. The summed E-state index contributed by atoms with van der Waals surface area (Å²) in [6.45, 7) is 0. The van der Waals surface area contributed by atoms with Gasteiger partial charge in [-0.2, -0.15) is 0 Å². The van der Waals surface area contributed by atoms with Gasteiger partial charge in [-0.1, -0.05) is 0 Å². The van der Waals surface area contributed by atoms with Gasteiger partial charge in [-0.3, -0.25) is 4.79 Å². The molecule has 0 spiro atoms. The highest BCUT2D eigenvalue weighted by molar-refractivity contribution is 5.67. The van der Waals surface area contributed by atoms with Crippen molar-refractivity contribution in [1.29, 1.82) is 0 Å². The maximum atomic E-state index is 12.8. The van der Waals surface area contributed by atoms with E-state index in [-0.39, 0.29) is 0 Å². The Morgan fingerprint density at radius 2 is 1.65 bits per heavy atom. The minimum atomic E-state index is -1.81.